The molecule has 15 heavy (non-hydrogen) atoms. The molecule has 1 N–H and O–H groups in total. The predicted octanol–water partition coefficient (Wildman–Crippen LogP) is 2.39. The summed E-state index contributed by atoms with van der Waals surface area (Å²) in [6, 6.07) is 1.46. The highest BCUT2D eigenvalue weighted by Gasteiger charge is 2.42. The largest absolute Gasteiger partial charge is 0.311 e. The standard InChI is InChI=1S/C13H26N2/c1-4-6-12-10-15(11(2)9-14-12)13(3)7-5-8-13/h11-12,14H,4-10H2,1-3H3. The first-order valence-corrected chi connectivity index (χ1v) is 6.66. The van der Waals surface area contributed by atoms with Gasteiger partial charge < -0.3 is 5.32 Å². The van der Waals surface area contributed by atoms with Crippen molar-refractivity contribution in [2.24, 2.45) is 0 Å². The Kier molecular flexibility index (Phi) is 3.36. The summed E-state index contributed by atoms with van der Waals surface area (Å²) in [6.07, 6.45) is 6.90. The quantitative estimate of drug-likeness (QED) is 0.769. The van der Waals surface area contributed by atoms with Crippen LogP contribution in [-0.2, 0) is 0 Å². The lowest BCUT2D eigenvalue weighted by atomic mass is 9.75. The minimum atomic E-state index is 0.535. The van der Waals surface area contributed by atoms with Crippen LogP contribution in [0.5, 0.6) is 0 Å². The molecule has 88 valence electrons. The summed E-state index contributed by atoms with van der Waals surface area (Å²) >= 11 is 0. The van der Waals surface area contributed by atoms with Crippen LogP contribution >= 0.6 is 0 Å². The lowest BCUT2D eigenvalue weighted by Crippen LogP contribution is -2.64. The van der Waals surface area contributed by atoms with Crippen LogP contribution in [0.3, 0.4) is 0 Å². The van der Waals surface area contributed by atoms with Gasteiger partial charge >= 0.3 is 0 Å². The molecule has 0 spiro atoms. The van der Waals surface area contributed by atoms with Crippen molar-refractivity contribution in [3.05, 3.63) is 0 Å². The summed E-state index contributed by atoms with van der Waals surface area (Å²) in [5.41, 5.74) is 0.535. The number of piperazine rings is 1. The summed E-state index contributed by atoms with van der Waals surface area (Å²) in [7, 11) is 0. The van der Waals surface area contributed by atoms with Gasteiger partial charge in [0, 0.05) is 30.7 Å². The van der Waals surface area contributed by atoms with Crippen molar-refractivity contribution in [3.8, 4) is 0 Å². The molecule has 0 radical (unpaired) electrons. The molecule has 2 atom stereocenters. The van der Waals surface area contributed by atoms with Crippen LogP contribution in [0, 0.1) is 0 Å². The molecule has 0 aromatic carbocycles. The monoisotopic (exact) mass is 210 g/mol. The van der Waals surface area contributed by atoms with Gasteiger partial charge in [0.1, 0.15) is 0 Å². The molecular formula is C13H26N2. The van der Waals surface area contributed by atoms with Gasteiger partial charge in [-0.15, -0.1) is 0 Å². The van der Waals surface area contributed by atoms with Crippen LogP contribution in [0.4, 0.5) is 0 Å². The number of hydrogen-bond donors (Lipinski definition) is 1. The predicted molar refractivity (Wildman–Crippen MR) is 65.1 cm³/mol. The lowest BCUT2D eigenvalue weighted by Gasteiger charge is -2.54. The van der Waals surface area contributed by atoms with Gasteiger partial charge in [-0.3, -0.25) is 4.90 Å². The third-order valence-electron chi connectivity index (χ3n) is 4.41. The van der Waals surface area contributed by atoms with Gasteiger partial charge in [-0.25, -0.2) is 0 Å². The SMILES string of the molecule is CCCC1CN(C2(C)CCC2)C(C)CN1. The third kappa shape index (κ3) is 2.21. The van der Waals surface area contributed by atoms with Crippen molar-refractivity contribution in [2.75, 3.05) is 13.1 Å². The molecule has 2 fully saturated rings. The number of rotatable bonds is 3. The van der Waals surface area contributed by atoms with Gasteiger partial charge in [-0.2, -0.15) is 0 Å². The first kappa shape index (κ1) is 11.4. The topological polar surface area (TPSA) is 15.3 Å². The Morgan fingerprint density at radius 3 is 2.67 bits per heavy atom. The lowest BCUT2D eigenvalue weighted by molar-refractivity contribution is -0.0233. The van der Waals surface area contributed by atoms with E-state index in [-0.39, 0.29) is 0 Å². The molecule has 2 rings (SSSR count). The Morgan fingerprint density at radius 1 is 1.40 bits per heavy atom. The zero-order valence-corrected chi connectivity index (χ0v) is 10.6. The van der Waals surface area contributed by atoms with Crippen LogP contribution in [-0.4, -0.2) is 35.6 Å². The van der Waals surface area contributed by atoms with E-state index in [2.05, 4.69) is 31.0 Å². The van der Waals surface area contributed by atoms with Crippen molar-refractivity contribution in [1.29, 1.82) is 0 Å². The van der Waals surface area contributed by atoms with E-state index in [0.29, 0.717) is 5.54 Å². The molecule has 0 bridgehead atoms. The zero-order chi connectivity index (χ0) is 10.9. The molecule has 1 aliphatic heterocycles. The number of hydrogen-bond acceptors (Lipinski definition) is 2. The Hall–Kier alpha value is -0.0800. The van der Waals surface area contributed by atoms with Crippen molar-refractivity contribution >= 4 is 0 Å². The summed E-state index contributed by atoms with van der Waals surface area (Å²) in [5.74, 6) is 0. The summed E-state index contributed by atoms with van der Waals surface area (Å²) in [6.45, 7) is 9.57. The Bertz CT molecular complexity index is 211. The Morgan fingerprint density at radius 2 is 2.13 bits per heavy atom. The average molecular weight is 210 g/mol. The van der Waals surface area contributed by atoms with E-state index in [1.54, 1.807) is 0 Å². The third-order valence-corrected chi connectivity index (χ3v) is 4.41. The zero-order valence-electron chi connectivity index (χ0n) is 10.6. The second-order valence-corrected chi connectivity index (χ2v) is 5.75. The highest BCUT2D eigenvalue weighted by Crippen LogP contribution is 2.39. The second-order valence-electron chi connectivity index (χ2n) is 5.75. The van der Waals surface area contributed by atoms with E-state index >= 15 is 0 Å². The van der Waals surface area contributed by atoms with E-state index in [9.17, 15) is 0 Å². The molecule has 2 unspecified atom stereocenters. The fourth-order valence-corrected chi connectivity index (χ4v) is 3.20. The van der Waals surface area contributed by atoms with E-state index in [0.717, 1.165) is 12.1 Å². The minimum absolute atomic E-state index is 0.535. The first-order valence-electron chi connectivity index (χ1n) is 6.66. The molecule has 2 nitrogen and oxygen atoms in total. The fraction of sp³-hybridized carbons (Fsp3) is 1.00. The molecule has 0 amide bonds. The summed E-state index contributed by atoms with van der Waals surface area (Å²) in [5, 5.41) is 3.68. The molecule has 2 heteroatoms. The van der Waals surface area contributed by atoms with Crippen LogP contribution < -0.4 is 5.32 Å². The van der Waals surface area contributed by atoms with Crippen molar-refractivity contribution in [2.45, 2.75) is 70.5 Å². The maximum absolute atomic E-state index is 3.68. The van der Waals surface area contributed by atoms with Crippen molar-refractivity contribution in [3.63, 3.8) is 0 Å². The highest BCUT2D eigenvalue weighted by molar-refractivity contribution is 4.99. The van der Waals surface area contributed by atoms with Gasteiger partial charge in [0.05, 0.1) is 0 Å². The average Bonchev–Trinajstić information content (AvgIpc) is 2.18. The molecule has 0 aromatic rings. The number of nitrogens with one attached hydrogen (secondary N) is 1. The van der Waals surface area contributed by atoms with Crippen LogP contribution in [0.2, 0.25) is 0 Å². The van der Waals surface area contributed by atoms with E-state index in [4.69, 9.17) is 0 Å². The Labute approximate surface area is 94.4 Å². The normalized spacial score (nSPS) is 36.2. The fourth-order valence-electron chi connectivity index (χ4n) is 3.20. The van der Waals surface area contributed by atoms with Gasteiger partial charge in [-0.1, -0.05) is 13.3 Å². The van der Waals surface area contributed by atoms with E-state index in [1.165, 1.54) is 45.2 Å². The van der Waals surface area contributed by atoms with Crippen molar-refractivity contribution in [1.82, 2.24) is 10.2 Å². The first-order chi connectivity index (χ1) is 7.15. The van der Waals surface area contributed by atoms with E-state index in [1.807, 2.05) is 0 Å². The maximum Gasteiger partial charge on any atom is 0.0198 e. The second kappa shape index (κ2) is 4.42. The van der Waals surface area contributed by atoms with Crippen LogP contribution in [0.15, 0.2) is 0 Å². The highest BCUT2D eigenvalue weighted by atomic mass is 15.3. The van der Waals surface area contributed by atoms with Gasteiger partial charge in [-0.05, 0) is 39.5 Å². The van der Waals surface area contributed by atoms with Gasteiger partial charge in [0.25, 0.3) is 0 Å². The molecular weight excluding hydrogens is 184 g/mol. The minimum Gasteiger partial charge on any atom is -0.311 e. The molecule has 1 saturated carbocycles. The number of nitrogens with zero attached hydrogens (tertiary/aromatic N) is 1. The molecule has 1 saturated heterocycles. The van der Waals surface area contributed by atoms with Gasteiger partial charge in [0.2, 0.25) is 0 Å². The van der Waals surface area contributed by atoms with Gasteiger partial charge in [0.15, 0.2) is 0 Å². The molecule has 1 aliphatic carbocycles. The van der Waals surface area contributed by atoms with Crippen LogP contribution in [0.25, 0.3) is 0 Å². The summed E-state index contributed by atoms with van der Waals surface area (Å²) < 4.78 is 0. The molecule has 2 aliphatic rings. The van der Waals surface area contributed by atoms with E-state index < -0.39 is 0 Å². The molecule has 0 aromatic heterocycles. The summed E-state index contributed by atoms with van der Waals surface area (Å²) in [4.78, 5) is 2.77. The Balaban J connectivity index is 1.96. The van der Waals surface area contributed by atoms with Crippen LogP contribution in [0.1, 0.15) is 52.9 Å². The van der Waals surface area contributed by atoms with Crippen molar-refractivity contribution < 1.29 is 0 Å². The molecule has 1 heterocycles. The maximum atomic E-state index is 3.68. The smallest absolute Gasteiger partial charge is 0.0198 e.